The minimum atomic E-state index is -0.232. The molecule has 5 nitrogen and oxygen atoms in total. The van der Waals surface area contributed by atoms with Gasteiger partial charge in [0.25, 0.3) is 5.91 Å². The van der Waals surface area contributed by atoms with Gasteiger partial charge in [0.1, 0.15) is 5.75 Å². The molecule has 2 aromatic carbocycles. The second-order valence-electron chi connectivity index (χ2n) is 4.86. The van der Waals surface area contributed by atoms with Gasteiger partial charge < -0.3 is 10.1 Å². The van der Waals surface area contributed by atoms with E-state index < -0.39 is 0 Å². The predicted molar refractivity (Wildman–Crippen MR) is 93.4 cm³/mol. The lowest BCUT2D eigenvalue weighted by Crippen LogP contribution is -2.26. The molecule has 0 unspecified atom stereocenters. The Morgan fingerprint density at radius 3 is 2.78 bits per heavy atom. The van der Waals surface area contributed by atoms with E-state index in [4.69, 9.17) is 16.3 Å². The average molecular weight is 332 g/mol. The molecular weight excluding hydrogens is 314 g/mol. The first-order valence-electron chi connectivity index (χ1n) is 7.05. The van der Waals surface area contributed by atoms with Crippen molar-refractivity contribution >= 4 is 29.4 Å². The maximum atomic E-state index is 11.8. The molecule has 0 aliphatic carbocycles. The molecule has 23 heavy (non-hydrogen) atoms. The molecule has 0 spiro atoms. The molecular formula is C17H18ClN3O2. The summed E-state index contributed by atoms with van der Waals surface area (Å²) in [5.74, 6) is 0.361. The molecule has 120 valence electrons. The molecule has 0 saturated heterocycles. The predicted octanol–water partition coefficient (Wildman–Crippen LogP) is 3.22. The van der Waals surface area contributed by atoms with Gasteiger partial charge in [-0.15, -0.1) is 0 Å². The summed E-state index contributed by atoms with van der Waals surface area (Å²) >= 11 is 6.02. The number of nitrogens with zero attached hydrogens (tertiary/aromatic N) is 1. The minimum absolute atomic E-state index is 0.144. The maximum Gasteiger partial charge on any atom is 0.259 e. The number of benzene rings is 2. The van der Waals surface area contributed by atoms with Crippen LogP contribution < -0.4 is 15.5 Å². The van der Waals surface area contributed by atoms with Crippen LogP contribution in [0.4, 0.5) is 5.69 Å². The fourth-order valence-electron chi connectivity index (χ4n) is 1.93. The number of halogens is 1. The summed E-state index contributed by atoms with van der Waals surface area (Å²) in [6, 6.07) is 13.0. The van der Waals surface area contributed by atoms with Crippen molar-refractivity contribution in [3.05, 3.63) is 58.6 Å². The largest absolute Gasteiger partial charge is 0.495 e. The smallest absolute Gasteiger partial charge is 0.259 e. The van der Waals surface area contributed by atoms with E-state index in [1.807, 2.05) is 31.2 Å². The van der Waals surface area contributed by atoms with Gasteiger partial charge in [0, 0.05) is 5.69 Å². The van der Waals surface area contributed by atoms with Gasteiger partial charge in [-0.05, 0) is 42.3 Å². The lowest BCUT2D eigenvalue weighted by Gasteiger charge is -2.07. The van der Waals surface area contributed by atoms with Crippen molar-refractivity contribution in [3.63, 3.8) is 0 Å². The zero-order valence-corrected chi connectivity index (χ0v) is 13.7. The fourth-order valence-corrected chi connectivity index (χ4v) is 2.19. The quantitative estimate of drug-likeness (QED) is 0.631. The molecule has 0 bridgehead atoms. The Balaban J connectivity index is 1.84. The van der Waals surface area contributed by atoms with Gasteiger partial charge in [-0.25, -0.2) is 5.43 Å². The lowest BCUT2D eigenvalue weighted by molar-refractivity contribution is -0.119. The van der Waals surface area contributed by atoms with E-state index in [-0.39, 0.29) is 12.5 Å². The number of ether oxygens (including phenoxy) is 1. The number of hydrazone groups is 1. The highest BCUT2D eigenvalue weighted by Gasteiger charge is 2.02. The number of aryl methyl sites for hydroxylation is 1. The fraction of sp³-hybridized carbons (Fsp3) is 0.176. The van der Waals surface area contributed by atoms with Crippen LogP contribution in [0.3, 0.4) is 0 Å². The molecule has 2 N–H and O–H groups in total. The number of carbonyl (C=O) groups excluding carboxylic acids is 1. The lowest BCUT2D eigenvalue weighted by atomic mass is 10.2. The van der Waals surface area contributed by atoms with Crippen LogP contribution in [0.15, 0.2) is 47.6 Å². The Kier molecular flexibility index (Phi) is 6.00. The highest BCUT2D eigenvalue weighted by atomic mass is 35.5. The van der Waals surface area contributed by atoms with Crippen LogP contribution >= 0.6 is 11.6 Å². The molecule has 0 heterocycles. The third-order valence-corrected chi connectivity index (χ3v) is 3.46. The van der Waals surface area contributed by atoms with Crippen LogP contribution in [-0.4, -0.2) is 25.8 Å². The minimum Gasteiger partial charge on any atom is -0.495 e. The van der Waals surface area contributed by atoms with E-state index in [0.29, 0.717) is 10.8 Å². The molecule has 0 aliphatic heterocycles. The standard InChI is InChI=1S/C17H18ClN3O2/c1-12-5-3-4-6-15(12)19-11-17(22)21-20-10-13-7-8-16(23-2)14(18)9-13/h3-10,19H,11H2,1-2H3,(H,21,22). The van der Waals surface area contributed by atoms with Crippen LogP contribution in [0, 0.1) is 6.92 Å². The molecule has 2 rings (SSSR count). The molecule has 6 heteroatoms. The second kappa shape index (κ2) is 8.19. The van der Waals surface area contributed by atoms with Crippen molar-refractivity contribution in [1.29, 1.82) is 0 Å². The Bertz CT molecular complexity index is 717. The SMILES string of the molecule is COc1ccc(C=NNC(=O)CNc2ccccc2C)cc1Cl. The van der Waals surface area contributed by atoms with Crippen molar-refractivity contribution in [2.45, 2.75) is 6.92 Å². The van der Waals surface area contributed by atoms with Gasteiger partial charge in [0.15, 0.2) is 0 Å². The van der Waals surface area contributed by atoms with Gasteiger partial charge in [0.05, 0.1) is 24.9 Å². The van der Waals surface area contributed by atoms with Crippen LogP contribution in [0.25, 0.3) is 0 Å². The highest BCUT2D eigenvalue weighted by Crippen LogP contribution is 2.24. The first kappa shape index (κ1) is 16.8. The molecule has 0 radical (unpaired) electrons. The number of para-hydroxylation sites is 1. The number of methoxy groups -OCH3 is 1. The second-order valence-corrected chi connectivity index (χ2v) is 5.26. The van der Waals surface area contributed by atoms with Gasteiger partial charge >= 0.3 is 0 Å². The first-order valence-corrected chi connectivity index (χ1v) is 7.43. The Morgan fingerprint density at radius 2 is 2.09 bits per heavy atom. The zero-order valence-electron chi connectivity index (χ0n) is 13.0. The normalized spacial score (nSPS) is 10.6. The van der Waals surface area contributed by atoms with Crippen LogP contribution in [-0.2, 0) is 4.79 Å². The van der Waals surface area contributed by atoms with Crippen molar-refractivity contribution in [2.24, 2.45) is 5.10 Å². The molecule has 0 atom stereocenters. The van der Waals surface area contributed by atoms with Crippen molar-refractivity contribution in [2.75, 3.05) is 19.0 Å². The van der Waals surface area contributed by atoms with Gasteiger partial charge in [-0.3, -0.25) is 4.79 Å². The van der Waals surface area contributed by atoms with E-state index in [1.165, 1.54) is 6.21 Å². The Labute approximate surface area is 140 Å². The molecule has 0 aromatic heterocycles. The van der Waals surface area contributed by atoms with Crippen molar-refractivity contribution in [1.82, 2.24) is 5.43 Å². The molecule has 2 aromatic rings. The topological polar surface area (TPSA) is 62.7 Å². The zero-order chi connectivity index (χ0) is 16.7. The average Bonchev–Trinajstić information content (AvgIpc) is 2.54. The summed E-state index contributed by atoms with van der Waals surface area (Å²) in [6.07, 6.45) is 1.52. The van der Waals surface area contributed by atoms with E-state index in [1.54, 1.807) is 25.3 Å². The summed E-state index contributed by atoms with van der Waals surface area (Å²) in [4.78, 5) is 11.8. The highest BCUT2D eigenvalue weighted by molar-refractivity contribution is 6.32. The number of anilines is 1. The van der Waals surface area contributed by atoms with Gasteiger partial charge in [-0.2, -0.15) is 5.10 Å². The van der Waals surface area contributed by atoms with E-state index in [9.17, 15) is 4.79 Å². The van der Waals surface area contributed by atoms with Gasteiger partial charge in [0.2, 0.25) is 0 Å². The summed E-state index contributed by atoms with van der Waals surface area (Å²) in [5, 5.41) is 7.46. The van der Waals surface area contributed by atoms with Crippen molar-refractivity contribution in [3.8, 4) is 5.75 Å². The van der Waals surface area contributed by atoms with Crippen molar-refractivity contribution < 1.29 is 9.53 Å². The Morgan fingerprint density at radius 1 is 1.30 bits per heavy atom. The summed E-state index contributed by atoms with van der Waals surface area (Å²) in [5.41, 5.74) is 5.23. The van der Waals surface area contributed by atoms with Crippen LogP contribution in [0.2, 0.25) is 5.02 Å². The van der Waals surface area contributed by atoms with E-state index in [2.05, 4.69) is 15.8 Å². The number of rotatable bonds is 6. The summed E-state index contributed by atoms with van der Waals surface area (Å²) < 4.78 is 5.07. The number of hydrogen-bond donors (Lipinski definition) is 2. The third-order valence-electron chi connectivity index (χ3n) is 3.16. The maximum absolute atomic E-state index is 11.8. The third kappa shape index (κ3) is 5.00. The summed E-state index contributed by atoms with van der Waals surface area (Å²) in [7, 11) is 1.55. The molecule has 0 aliphatic rings. The number of carbonyl (C=O) groups is 1. The first-order chi connectivity index (χ1) is 11.1. The number of amides is 1. The number of nitrogens with one attached hydrogen (secondary N) is 2. The number of hydrogen-bond acceptors (Lipinski definition) is 4. The molecule has 1 amide bonds. The van der Waals surface area contributed by atoms with E-state index in [0.717, 1.165) is 16.8 Å². The summed E-state index contributed by atoms with van der Waals surface area (Å²) in [6.45, 7) is 2.12. The monoisotopic (exact) mass is 331 g/mol. The van der Waals surface area contributed by atoms with E-state index >= 15 is 0 Å². The molecule has 0 fully saturated rings. The van der Waals surface area contributed by atoms with Crippen LogP contribution in [0.5, 0.6) is 5.75 Å². The Hall–Kier alpha value is -2.53. The van der Waals surface area contributed by atoms with Gasteiger partial charge in [-0.1, -0.05) is 29.8 Å². The van der Waals surface area contributed by atoms with Crippen LogP contribution in [0.1, 0.15) is 11.1 Å². The molecule has 0 saturated carbocycles.